The summed E-state index contributed by atoms with van der Waals surface area (Å²) in [6.07, 6.45) is 4.48. The first-order valence-corrected chi connectivity index (χ1v) is 11.9. The van der Waals surface area contributed by atoms with Crippen LogP contribution >= 0.6 is 0 Å². The van der Waals surface area contributed by atoms with Gasteiger partial charge in [0.2, 0.25) is 15.3 Å². The summed E-state index contributed by atoms with van der Waals surface area (Å²) in [5.41, 5.74) is 0.294. The molecule has 0 aliphatic carbocycles. The molecule has 164 valence electrons. The number of pyridine rings is 1. The molecule has 0 bridgehead atoms. The molecule has 6 nitrogen and oxygen atoms in total. The van der Waals surface area contributed by atoms with Crippen LogP contribution < -0.4 is 15.1 Å². The lowest BCUT2D eigenvalue weighted by atomic mass is 10.1. The van der Waals surface area contributed by atoms with E-state index in [0.717, 1.165) is 32.4 Å². The fourth-order valence-corrected chi connectivity index (χ4v) is 5.45. The Labute approximate surface area is 180 Å². The van der Waals surface area contributed by atoms with E-state index in [0.29, 0.717) is 23.5 Å². The molecule has 1 saturated heterocycles. The third-order valence-electron chi connectivity index (χ3n) is 5.81. The van der Waals surface area contributed by atoms with Crippen LogP contribution in [0.1, 0.15) is 26.2 Å². The standard InChI is InChI=1S/C23H25FN2O4S/c1-3-25-15-22(31(28,29)17-9-7-16(30-2)8-10-17)23(27)18-13-19(24)21(14-20(18)25)26-11-5-4-6-12-26/h7-10,13-15H,3-6,11-12H2,1-2H3. The number of nitrogens with zero attached hydrogens (tertiary/aromatic N) is 2. The van der Waals surface area contributed by atoms with E-state index in [4.69, 9.17) is 4.74 Å². The van der Waals surface area contributed by atoms with E-state index in [-0.39, 0.29) is 15.2 Å². The second-order valence-corrected chi connectivity index (χ2v) is 9.57. The van der Waals surface area contributed by atoms with Crippen LogP contribution in [0.2, 0.25) is 0 Å². The van der Waals surface area contributed by atoms with Crippen LogP contribution in [0.4, 0.5) is 10.1 Å². The average Bonchev–Trinajstić information content (AvgIpc) is 2.79. The number of hydrogen-bond donors (Lipinski definition) is 0. The first kappa shape index (κ1) is 21.4. The first-order valence-electron chi connectivity index (χ1n) is 10.4. The molecule has 1 aliphatic rings. The highest BCUT2D eigenvalue weighted by Gasteiger charge is 2.25. The van der Waals surface area contributed by atoms with Crippen LogP contribution in [0.3, 0.4) is 0 Å². The van der Waals surface area contributed by atoms with Crippen LogP contribution in [0.15, 0.2) is 57.2 Å². The number of hydrogen-bond acceptors (Lipinski definition) is 5. The van der Waals surface area contributed by atoms with Crippen LogP contribution in [0.5, 0.6) is 5.75 Å². The van der Waals surface area contributed by atoms with Crippen molar-refractivity contribution < 1.29 is 17.5 Å². The van der Waals surface area contributed by atoms with E-state index in [1.165, 1.54) is 43.6 Å². The van der Waals surface area contributed by atoms with Gasteiger partial charge in [-0.1, -0.05) is 0 Å². The highest BCUT2D eigenvalue weighted by Crippen LogP contribution is 2.29. The van der Waals surface area contributed by atoms with Crippen molar-refractivity contribution in [1.29, 1.82) is 0 Å². The molecule has 3 aromatic rings. The van der Waals surface area contributed by atoms with E-state index in [2.05, 4.69) is 0 Å². The van der Waals surface area contributed by atoms with Crippen molar-refractivity contribution >= 4 is 26.4 Å². The number of piperidine rings is 1. The van der Waals surface area contributed by atoms with Crippen LogP contribution in [-0.2, 0) is 16.4 Å². The molecule has 2 heterocycles. The molecule has 8 heteroatoms. The average molecular weight is 445 g/mol. The zero-order valence-corrected chi connectivity index (χ0v) is 18.4. The van der Waals surface area contributed by atoms with Crippen LogP contribution in [0.25, 0.3) is 10.9 Å². The number of benzene rings is 2. The van der Waals surface area contributed by atoms with Gasteiger partial charge in [-0.3, -0.25) is 4.79 Å². The zero-order valence-electron chi connectivity index (χ0n) is 17.6. The van der Waals surface area contributed by atoms with Crippen molar-refractivity contribution in [1.82, 2.24) is 4.57 Å². The quantitative estimate of drug-likeness (QED) is 0.595. The third-order valence-corrected chi connectivity index (χ3v) is 7.58. The number of rotatable bonds is 5. The first-order chi connectivity index (χ1) is 14.9. The number of ether oxygens (including phenoxy) is 1. The summed E-state index contributed by atoms with van der Waals surface area (Å²) < 4.78 is 48.2. The molecule has 4 rings (SSSR count). The van der Waals surface area contributed by atoms with Crippen molar-refractivity contribution in [3.05, 3.63) is 58.6 Å². The minimum atomic E-state index is -4.08. The lowest BCUT2D eigenvalue weighted by Crippen LogP contribution is -2.30. The second kappa shape index (κ2) is 8.34. The molecule has 0 spiro atoms. The zero-order chi connectivity index (χ0) is 22.2. The minimum absolute atomic E-state index is 0.0159. The Hall–Kier alpha value is -2.87. The minimum Gasteiger partial charge on any atom is -0.497 e. The molecule has 2 aromatic carbocycles. The lowest BCUT2D eigenvalue weighted by molar-refractivity contribution is 0.414. The van der Waals surface area contributed by atoms with Gasteiger partial charge in [0.25, 0.3) is 0 Å². The monoisotopic (exact) mass is 444 g/mol. The van der Waals surface area contributed by atoms with E-state index < -0.39 is 21.1 Å². The predicted octanol–water partition coefficient (Wildman–Crippen LogP) is 3.99. The Morgan fingerprint density at radius 1 is 1.06 bits per heavy atom. The molecule has 0 saturated carbocycles. The Kier molecular flexibility index (Phi) is 5.75. The summed E-state index contributed by atoms with van der Waals surface area (Å²) in [6, 6.07) is 8.70. The van der Waals surface area contributed by atoms with Gasteiger partial charge < -0.3 is 14.2 Å². The topological polar surface area (TPSA) is 68.6 Å². The third kappa shape index (κ3) is 3.80. The molecule has 0 atom stereocenters. The maximum Gasteiger partial charge on any atom is 0.211 e. The SMILES string of the molecule is CCn1cc(S(=O)(=O)c2ccc(OC)cc2)c(=O)c2cc(F)c(N3CCCCC3)cc21. The number of fused-ring (bicyclic) bond motifs is 1. The summed E-state index contributed by atoms with van der Waals surface area (Å²) in [4.78, 5) is 14.8. The molecule has 0 radical (unpaired) electrons. The Balaban J connectivity index is 1.89. The Morgan fingerprint density at radius 3 is 2.35 bits per heavy atom. The summed E-state index contributed by atoms with van der Waals surface area (Å²) in [5, 5.41) is 0.0645. The van der Waals surface area contributed by atoms with E-state index in [1.807, 2.05) is 11.8 Å². The summed E-state index contributed by atoms with van der Waals surface area (Å²) in [7, 11) is -2.60. The van der Waals surface area contributed by atoms with Gasteiger partial charge in [0.05, 0.1) is 28.6 Å². The molecule has 0 amide bonds. The van der Waals surface area contributed by atoms with Crippen molar-refractivity contribution in [2.75, 3.05) is 25.1 Å². The molecule has 1 aliphatic heterocycles. The van der Waals surface area contributed by atoms with Gasteiger partial charge in [-0.2, -0.15) is 0 Å². The largest absolute Gasteiger partial charge is 0.497 e. The van der Waals surface area contributed by atoms with Gasteiger partial charge in [-0.15, -0.1) is 0 Å². The van der Waals surface area contributed by atoms with Crippen LogP contribution in [-0.4, -0.2) is 33.2 Å². The molecular weight excluding hydrogens is 419 g/mol. The number of halogens is 1. The normalized spacial score (nSPS) is 14.7. The van der Waals surface area contributed by atoms with Gasteiger partial charge in [-0.25, -0.2) is 12.8 Å². The van der Waals surface area contributed by atoms with Gasteiger partial charge in [-0.05, 0) is 62.6 Å². The lowest BCUT2D eigenvalue weighted by Gasteiger charge is -2.29. The molecular formula is C23H25FN2O4S. The summed E-state index contributed by atoms with van der Waals surface area (Å²) in [5.74, 6) is 0.00360. The van der Waals surface area contributed by atoms with E-state index in [9.17, 15) is 13.2 Å². The molecule has 1 fully saturated rings. The molecule has 0 unspecified atom stereocenters. The highest BCUT2D eigenvalue weighted by molar-refractivity contribution is 7.91. The highest BCUT2D eigenvalue weighted by atomic mass is 32.2. The fraction of sp³-hybridized carbons (Fsp3) is 0.348. The molecule has 0 N–H and O–H groups in total. The Bertz CT molecular complexity index is 1280. The van der Waals surface area contributed by atoms with Crippen molar-refractivity contribution in [3.63, 3.8) is 0 Å². The smallest absolute Gasteiger partial charge is 0.211 e. The van der Waals surface area contributed by atoms with Gasteiger partial charge in [0, 0.05) is 25.8 Å². The second-order valence-electron chi connectivity index (χ2n) is 7.66. The van der Waals surface area contributed by atoms with Crippen molar-refractivity contribution in [2.45, 2.75) is 42.5 Å². The van der Waals surface area contributed by atoms with E-state index in [1.54, 1.807) is 10.6 Å². The summed E-state index contributed by atoms with van der Waals surface area (Å²) >= 11 is 0. The number of aryl methyl sites for hydroxylation is 1. The van der Waals surface area contributed by atoms with Gasteiger partial charge in [0.1, 0.15) is 16.5 Å². The number of aromatic nitrogens is 1. The maximum atomic E-state index is 15.0. The van der Waals surface area contributed by atoms with Gasteiger partial charge in [0.15, 0.2) is 0 Å². The van der Waals surface area contributed by atoms with Crippen molar-refractivity contribution in [2.24, 2.45) is 0 Å². The van der Waals surface area contributed by atoms with Gasteiger partial charge >= 0.3 is 0 Å². The van der Waals surface area contributed by atoms with E-state index >= 15 is 4.39 Å². The maximum absolute atomic E-state index is 15.0. The Morgan fingerprint density at radius 2 is 1.74 bits per heavy atom. The fourth-order valence-electron chi connectivity index (χ4n) is 4.08. The number of anilines is 1. The molecule has 1 aromatic heterocycles. The van der Waals surface area contributed by atoms with Crippen molar-refractivity contribution in [3.8, 4) is 5.75 Å². The summed E-state index contributed by atoms with van der Waals surface area (Å²) in [6.45, 7) is 3.83. The number of sulfone groups is 1. The predicted molar refractivity (Wildman–Crippen MR) is 118 cm³/mol. The number of methoxy groups -OCH3 is 1. The van der Waals surface area contributed by atoms with Crippen LogP contribution in [0, 0.1) is 5.82 Å². The molecule has 31 heavy (non-hydrogen) atoms.